The van der Waals surface area contributed by atoms with Crippen LogP contribution in [0.15, 0.2) is 24.3 Å². The van der Waals surface area contributed by atoms with Gasteiger partial charge in [0.05, 0.1) is 26.2 Å². The van der Waals surface area contributed by atoms with Crippen molar-refractivity contribution in [2.75, 3.05) is 77.7 Å². The Morgan fingerprint density at radius 2 is 1.32 bits per heavy atom. The molecule has 0 spiro atoms. The minimum atomic E-state index is -0.986. The van der Waals surface area contributed by atoms with Crippen molar-refractivity contribution < 1.29 is 29.7 Å². The molecule has 0 aromatic heterocycles. The lowest BCUT2D eigenvalue weighted by Gasteiger charge is -2.40. The molecule has 11 nitrogen and oxygen atoms in total. The predicted octanol–water partition coefficient (Wildman–Crippen LogP) is -0.963. The number of aliphatic carboxylic acids is 3. The summed E-state index contributed by atoms with van der Waals surface area (Å²) in [6.07, 6.45) is 0. The molecule has 1 aliphatic rings. The highest BCUT2D eigenvalue weighted by atomic mass is 16.4. The zero-order chi connectivity index (χ0) is 22.9. The molecule has 1 aromatic carbocycles. The lowest BCUT2D eigenvalue weighted by Crippen LogP contribution is -2.59. The van der Waals surface area contributed by atoms with Crippen LogP contribution in [-0.2, 0) is 14.4 Å². The standard InChI is InChI=1S/C20H31N5O6/c21-16-1-3-17(4-2-16)25(15-20(30)31)11-9-23(13-18(26)27)7-5-22-6-8-24(10-12-25)14-19(28)29/h1-4,22H,5-15,21H2,(H2-,26,27,28,29,30,31)/p+1. The molecule has 1 heterocycles. The molecule has 172 valence electrons. The highest BCUT2D eigenvalue weighted by Crippen LogP contribution is 2.25. The molecule has 0 bridgehead atoms. The van der Waals surface area contributed by atoms with Gasteiger partial charge in [0, 0.05) is 57.1 Å². The lowest BCUT2D eigenvalue weighted by molar-refractivity contribution is -0.140. The van der Waals surface area contributed by atoms with E-state index in [1.165, 1.54) is 0 Å². The van der Waals surface area contributed by atoms with E-state index in [4.69, 9.17) is 5.73 Å². The van der Waals surface area contributed by atoms with Gasteiger partial charge in [0.25, 0.3) is 0 Å². The minimum absolute atomic E-state index is 0.0648. The van der Waals surface area contributed by atoms with Gasteiger partial charge in [-0.1, -0.05) is 0 Å². The van der Waals surface area contributed by atoms with E-state index in [-0.39, 0.29) is 24.1 Å². The van der Waals surface area contributed by atoms with Gasteiger partial charge in [-0.2, -0.15) is 0 Å². The van der Waals surface area contributed by atoms with Gasteiger partial charge in [-0.25, -0.2) is 4.79 Å². The molecule has 1 aliphatic heterocycles. The topological polar surface area (TPSA) is 156 Å². The van der Waals surface area contributed by atoms with Crippen LogP contribution in [0, 0.1) is 0 Å². The molecule has 31 heavy (non-hydrogen) atoms. The molecule has 0 unspecified atom stereocenters. The van der Waals surface area contributed by atoms with Crippen molar-refractivity contribution in [2.24, 2.45) is 0 Å². The third-order valence-corrected chi connectivity index (χ3v) is 5.49. The first-order valence-electron chi connectivity index (χ1n) is 10.2. The van der Waals surface area contributed by atoms with Crippen molar-refractivity contribution in [3.05, 3.63) is 24.3 Å². The Kier molecular flexibility index (Phi) is 9.19. The van der Waals surface area contributed by atoms with Gasteiger partial charge in [-0.3, -0.25) is 23.9 Å². The first-order chi connectivity index (χ1) is 14.7. The van der Waals surface area contributed by atoms with E-state index in [0.717, 1.165) is 5.69 Å². The van der Waals surface area contributed by atoms with Crippen molar-refractivity contribution >= 4 is 29.3 Å². The monoisotopic (exact) mass is 438 g/mol. The number of hydrogen-bond acceptors (Lipinski definition) is 7. The number of quaternary nitrogens is 1. The number of nitrogen functional groups attached to an aromatic ring is 1. The fourth-order valence-corrected chi connectivity index (χ4v) is 3.86. The van der Waals surface area contributed by atoms with Crippen LogP contribution in [0.25, 0.3) is 0 Å². The number of carboxylic acid groups (broad SMARTS) is 3. The van der Waals surface area contributed by atoms with Crippen LogP contribution in [0.2, 0.25) is 0 Å². The van der Waals surface area contributed by atoms with Crippen LogP contribution in [-0.4, -0.2) is 115 Å². The summed E-state index contributed by atoms with van der Waals surface area (Å²) < 4.78 is 0.0648. The Balaban J connectivity index is 2.39. The van der Waals surface area contributed by atoms with E-state index >= 15 is 0 Å². The maximum absolute atomic E-state index is 11.8. The van der Waals surface area contributed by atoms with Gasteiger partial charge >= 0.3 is 17.9 Å². The smallest absolute Gasteiger partial charge is 0.359 e. The molecule has 0 saturated carbocycles. The van der Waals surface area contributed by atoms with Gasteiger partial charge in [-0.15, -0.1) is 0 Å². The highest BCUT2D eigenvalue weighted by Gasteiger charge is 2.35. The van der Waals surface area contributed by atoms with E-state index in [1.807, 2.05) is 0 Å². The Morgan fingerprint density at radius 1 is 0.839 bits per heavy atom. The molecule has 1 fully saturated rings. The Hall–Kier alpha value is -2.73. The number of carbonyl (C=O) groups is 3. The second-order valence-corrected chi connectivity index (χ2v) is 7.83. The van der Waals surface area contributed by atoms with E-state index in [1.54, 1.807) is 34.1 Å². The first kappa shape index (κ1) is 24.5. The maximum atomic E-state index is 11.8. The Labute approximate surface area is 181 Å². The summed E-state index contributed by atoms with van der Waals surface area (Å²) in [5.74, 6) is -2.87. The summed E-state index contributed by atoms with van der Waals surface area (Å²) in [6, 6.07) is 6.99. The van der Waals surface area contributed by atoms with Gasteiger partial charge in [0.2, 0.25) is 0 Å². The van der Waals surface area contributed by atoms with E-state index in [2.05, 4.69) is 5.32 Å². The molecule has 1 aromatic rings. The van der Waals surface area contributed by atoms with Crippen LogP contribution in [0.4, 0.5) is 11.4 Å². The molecule has 11 heteroatoms. The number of hydrogen-bond donors (Lipinski definition) is 5. The second kappa shape index (κ2) is 11.6. The number of anilines is 1. The third-order valence-electron chi connectivity index (χ3n) is 5.49. The van der Waals surface area contributed by atoms with Gasteiger partial charge in [0.1, 0.15) is 5.69 Å². The predicted molar refractivity (Wildman–Crippen MR) is 116 cm³/mol. The SMILES string of the molecule is Nc1ccc([N+]2(CC(=O)O)CCN(CC(=O)O)CCNCCN(CC(=O)O)CC2)cc1. The van der Waals surface area contributed by atoms with Crippen LogP contribution in [0.5, 0.6) is 0 Å². The average Bonchev–Trinajstić information content (AvgIpc) is 2.67. The van der Waals surface area contributed by atoms with Crippen LogP contribution >= 0.6 is 0 Å². The Bertz CT molecular complexity index is 727. The quantitative estimate of drug-likeness (QED) is 0.265. The van der Waals surface area contributed by atoms with Gasteiger partial charge < -0.3 is 26.4 Å². The molecule has 6 N–H and O–H groups in total. The number of benzene rings is 1. The second-order valence-electron chi connectivity index (χ2n) is 7.83. The van der Waals surface area contributed by atoms with Crippen molar-refractivity contribution in [2.45, 2.75) is 0 Å². The van der Waals surface area contributed by atoms with Crippen molar-refractivity contribution in [1.29, 1.82) is 0 Å². The fraction of sp³-hybridized carbons (Fsp3) is 0.550. The van der Waals surface area contributed by atoms with Crippen molar-refractivity contribution in [3.8, 4) is 0 Å². The van der Waals surface area contributed by atoms with Crippen molar-refractivity contribution in [3.63, 3.8) is 0 Å². The average molecular weight is 439 g/mol. The van der Waals surface area contributed by atoms with Crippen LogP contribution < -0.4 is 15.5 Å². The summed E-state index contributed by atoms with van der Waals surface area (Å²) >= 11 is 0. The summed E-state index contributed by atoms with van der Waals surface area (Å²) in [7, 11) is 0. The van der Waals surface area contributed by atoms with E-state index < -0.39 is 17.9 Å². The number of nitrogens with one attached hydrogen (secondary N) is 1. The largest absolute Gasteiger partial charge is 0.480 e. The summed E-state index contributed by atoms with van der Waals surface area (Å²) in [5.41, 5.74) is 7.12. The van der Waals surface area contributed by atoms with Crippen molar-refractivity contribution in [1.82, 2.24) is 19.6 Å². The molecular weight excluding hydrogens is 406 g/mol. The van der Waals surface area contributed by atoms with Gasteiger partial charge in [-0.05, 0) is 12.1 Å². The number of rotatable bonds is 7. The zero-order valence-corrected chi connectivity index (χ0v) is 17.6. The molecule has 2 rings (SSSR count). The van der Waals surface area contributed by atoms with Gasteiger partial charge in [0.15, 0.2) is 6.54 Å². The van der Waals surface area contributed by atoms with Crippen LogP contribution in [0.1, 0.15) is 0 Å². The minimum Gasteiger partial charge on any atom is -0.480 e. The normalized spacial score (nSPS) is 19.1. The summed E-state index contributed by atoms with van der Waals surface area (Å²) in [6.45, 7) is 3.08. The molecule has 1 saturated heterocycles. The maximum Gasteiger partial charge on any atom is 0.359 e. The number of nitrogens with zero attached hydrogens (tertiary/aromatic N) is 3. The molecule has 0 atom stereocenters. The molecule has 0 aliphatic carbocycles. The summed E-state index contributed by atoms with van der Waals surface area (Å²) in [4.78, 5) is 38.0. The first-order valence-corrected chi connectivity index (χ1v) is 10.2. The summed E-state index contributed by atoms with van der Waals surface area (Å²) in [5, 5.41) is 31.4. The zero-order valence-electron chi connectivity index (χ0n) is 17.6. The number of nitrogens with two attached hydrogens (primary N) is 1. The van der Waals surface area contributed by atoms with E-state index in [0.29, 0.717) is 58.0 Å². The number of carboxylic acids is 3. The molecule has 0 radical (unpaired) electrons. The fourth-order valence-electron chi connectivity index (χ4n) is 3.86. The lowest BCUT2D eigenvalue weighted by atomic mass is 10.2. The molecular formula is C20H32N5O6+. The van der Waals surface area contributed by atoms with Crippen LogP contribution in [0.3, 0.4) is 0 Å². The Morgan fingerprint density at radius 3 is 1.74 bits per heavy atom. The molecule has 0 amide bonds. The highest BCUT2D eigenvalue weighted by molar-refractivity contribution is 5.72. The third kappa shape index (κ3) is 8.13. The van der Waals surface area contributed by atoms with E-state index in [9.17, 15) is 29.7 Å².